The maximum Gasteiger partial charge on any atom is 0.0542 e. The Bertz CT molecular complexity index is 2760. The summed E-state index contributed by atoms with van der Waals surface area (Å²) in [5.41, 5.74) is 12.9. The van der Waals surface area contributed by atoms with E-state index >= 15 is 0 Å². The largest absolute Gasteiger partial charge is 0.310 e. The van der Waals surface area contributed by atoms with Crippen LogP contribution in [-0.4, -0.2) is 4.57 Å². The molecule has 2 heteroatoms. The van der Waals surface area contributed by atoms with Crippen LogP contribution in [0.1, 0.15) is 11.1 Å². The van der Waals surface area contributed by atoms with E-state index in [1.165, 1.54) is 65.6 Å². The molecule has 0 fully saturated rings. The Hall–Kier alpha value is -6.38. The highest BCUT2D eigenvalue weighted by atomic mass is 15.1. The van der Waals surface area contributed by atoms with Crippen LogP contribution in [0.2, 0.25) is 0 Å². The number of rotatable bonds is 4. The Balaban J connectivity index is 1.22. The van der Waals surface area contributed by atoms with Gasteiger partial charge in [-0.2, -0.15) is 0 Å². The van der Waals surface area contributed by atoms with Crippen LogP contribution in [0.5, 0.6) is 0 Å². The van der Waals surface area contributed by atoms with Crippen molar-refractivity contribution in [3.8, 4) is 16.8 Å². The van der Waals surface area contributed by atoms with Crippen LogP contribution in [0, 0.1) is 0 Å². The van der Waals surface area contributed by atoms with Crippen molar-refractivity contribution >= 4 is 66.0 Å². The van der Waals surface area contributed by atoms with Crippen LogP contribution in [0.3, 0.4) is 0 Å². The van der Waals surface area contributed by atoms with Gasteiger partial charge < -0.3 is 9.47 Å². The van der Waals surface area contributed by atoms with Gasteiger partial charge in [-0.25, -0.2) is 0 Å². The molecule has 0 amide bonds. The van der Waals surface area contributed by atoms with E-state index in [-0.39, 0.29) is 0 Å². The van der Waals surface area contributed by atoms with E-state index in [0.29, 0.717) is 0 Å². The number of nitrogens with zero attached hydrogens (tertiary/aromatic N) is 2. The summed E-state index contributed by atoms with van der Waals surface area (Å²) in [5, 5.41) is 7.36. The molecular formula is C46H30N2. The molecule has 48 heavy (non-hydrogen) atoms. The molecule has 0 bridgehead atoms. The van der Waals surface area contributed by atoms with Gasteiger partial charge in [-0.3, -0.25) is 0 Å². The monoisotopic (exact) mass is 610 g/mol. The number of aromatic nitrogens is 1. The lowest BCUT2D eigenvalue weighted by Gasteiger charge is -2.27. The van der Waals surface area contributed by atoms with Gasteiger partial charge in [0.1, 0.15) is 0 Å². The number of para-hydroxylation sites is 1. The third-order valence-corrected chi connectivity index (χ3v) is 10.0. The third-order valence-electron chi connectivity index (χ3n) is 10.0. The third kappa shape index (κ3) is 3.93. The molecule has 9 aromatic rings. The lowest BCUT2D eigenvalue weighted by atomic mass is 10.0. The second kappa shape index (κ2) is 10.3. The highest BCUT2D eigenvalue weighted by molar-refractivity contribution is 6.12. The Labute approximate surface area is 279 Å². The first-order chi connectivity index (χ1) is 23.7. The highest BCUT2D eigenvalue weighted by Crippen LogP contribution is 2.48. The molecule has 224 valence electrons. The van der Waals surface area contributed by atoms with E-state index in [2.05, 4.69) is 186 Å². The first-order valence-electron chi connectivity index (χ1n) is 16.5. The van der Waals surface area contributed by atoms with Crippen LogP contribution in [-0.2, 0) is 0 Å². The fourth-order valence-electron chi connectivity index (χ4n) is 7.81. The van der Waals surface area contributed by atoms with Crippen LogP contribution in [0.4, 0.5) is 17.1 Å². The molecule has 10 rings (SSSR count). The molecule has 0 N–H and O–H groups in total. The zero-order valence-electron chi connectivity index (χ0n) is 26.3. The molecule has 0 radical (unpaired) electrons. The average molecular weight is 611 g/mol. The molecule has 1 aliphatic carbocycles. The first-order valence-corrected chi connectivity index (χ1v) is 16.5. The summed E-state index contributed by atoms with van der Waals surface area (Å²) in [6, 6.07) is 61.7. The van der Waals surface area contributed by atoms with E-state index in [4.69, 9.17) is 0 Å². The standard InChI is InChI=1S/C46H30N2/c1-30-37-15-6-7-17-39(37)40-25-23-35(28-42(30)40)47(44-20-10-14-32-12-4-5-16-38(32)44)36-24-26-46-43(29-36)41-18-8-9-19-45(41)48(46)34-22-21-31-11-2-3-13-33(31)27-34/h2-29H,1H2. The van der Waals surface area contributed by atoms with Gasteiger partial charge in [0.2, 0.25) is 0 Å². The zero-order valence-corrected chi connectivity index (χ0v) is 26.3. The Kier molecular flexibility index (Phi) is 5.76. The predicted octanol–water partition coefficient (Wildman–Crippen LogP) is 12.6. The minimum Gasteiger partial charge on any atom is -0.310 e. The van der Waals surface area contributed by atoms with Crippen LogP contribution in [0.25, 0.3) is 65.7 Å². The minimum absolute atomic E-state index is 1.08. The maximum absolute atomic E-state index is 4.54. The molecule has 8 aromatic carbocycles. The van der Waals surface area contributed by atoms with Crippen molar-refractivity contribution < 1.29 is 0 Å². The Morgan fingerprint density at radius 1 is 0.396 bits per heavy atom. The van der Waals surface area contributed by atoms with Gasteiger partial charge in [0.15, 0.2) is 0 Å². The second-order valence-corrected chi connectivity index (χ2v) is 12.7. The van der Waals surface area contributed by atoms with Crippen LogP contribution >= 0.6 is 0 Å². The van der Waals surface area contributed by atoms with Crippen molar-refractivity contribution in [2.24, 2.45) is 0 Å². The minimum atomic E-state index is 1.08. The Morgan fingerprint density at radius 3 is 1.94 bits per heavy atom. The smallest absolute Gasteiger partial charge is 0.0542 e. The van der Waals surface area contributed by atoms with Gasteiger partial charge in [0.25, 0.3) is 0 Å². The number of hydrogen-bond acceptors (Lipinski definition) is 1. The summed E-state index contributed by atoms with van der Waals surface area (Å²) in [4.78, 5) is 2.42. The molecule has 0 saturated carbocycles. The molecule has 1 aromatic heterocycles. The summed E-state index contributed by atoms with van der Waals surface area (Å²) in [6.07, 6.45) is 0. The van der Waals surface area contributed by atoms with Gasteiger partial charge in [-0.15, -0.1) is 0 Å². The van der Waals surface area contributed by atoms with Gasteiger partial charge in [0, 0.05) is 33.2 Å². The summed E-state index contributed by atoms with van der Waals surface area (Å²) in [5.74, 6) is 0. The number of fused-ring (bicyclic) bond motifs is 8. The first kappa shape index (κ1) is 26.8. The number of hydrogen-bond donors (Lipinski definition) is 0. The van der Waals surface area contributed by atoms with E-state index < -0.39 is 0 Å². The molecular weight excluding hydrogens is 581 g/mol. The van der Waals surface area contributed by atoms with Gasteiger partial charge in [0.05, 0.1) is 16.7 Å². The summed E-state index contributed by atoms with van der Waals surface area (Å²) >= 11 is 0. The van der Waals surface area contributed by atoms with E-state index in [1.807, 2.05) is 0 Å². The number of benzene rings is 8. The van der Waals surface area contributed by atoms with Crippen molar-refractivity contribution in [1.29, 1.82) is 0 Å². The second-order valence-electron chi connectivity index (χ2n) is 12.7. The lowest BCUT2D eigenvalue weighted by Crippen LogP contribution is -2.11. The van der Waals surface area contributed by atoms with E-state index in [1.54, 1.807) is 0 Å². The van der Waals surface area contributed by atoms with Crippen LogP contribution < -0.4 is 4.90 Å². The van der Waals surface area contributed by atoms with Crippen molar-refractivity contribution in [3.05, 3.63) is 188 Å². The van der Waals surface area contributed by atoms with Gasteiger partial charge >= 0.3 is 0 Å². The van der Waals surface area contributed by atoms with Crippen molar-refractivity contribution in [1.82, 2.24) is 4.57 Å². The highest BCUT2D eigenvalue weighted by Gasteiger charge is 2.25. The molecule has 0 saturated heterocycles. The SMILES string of the molecule is C=C1c2ccccc2-c2ccc(N(c3ccc4c(c3)c3ccccc3n4-c3ccc4ccccc4c3)c3cccc4ccccc34)cc21. The maximum atomic E-state index is 4.54. The molecule has 1 heterocycles. The molecule has 0 unspecified atom stereocenters. The summed E-state index contributed by atoms with van der Waals surface area (Å²) in [6.45, 7) is 4.54. The molecule has 0 atom stereocenters. The van der Waals surface area contributed by atoms with Crippen LogP contribution in [0.15, 0.2) is 176 Å². The fourth-order valence-corrected chi connectivity index (χ4v) is 7.81. The lowest BCUT2D eigenvalue weighted by molar-refractivity contribution is 1.18. The van der Waals surface area contributed by atoms with Crippen molar-refractivity contribution in [2.45, 2.75) is 0 Å². The summed E-state index contributed by atoms with van der Waals surface area (Å²) in [7, 11) is 0. The quantitative estimate of drug-likeness (QED) is 0.192. The topological polar surface area (TPSA) is 8.17 Å². The molecule has 1 aliphatic rings. The molecule has 0 aliphatic heterocycles. The van der Waals surface area contributed by atoms with Crippen molar-refractivity contribution in [2.75, 3.05) is 4.90 Å². The fraction of sp³-hybridized carbons (Fsp3) is 0. The number of anilines is 3. The average Bonchev–Trinajstić information content (AvgIpc) is 3.63. The van der Waals surface area contributed by atoms with Crippen molar-refractivity contribution in [3.63, 3.8) is 0 Å². The molecule has 0 spiro atoms. The Morgan fingerprint density at radius 2 is 1.04 bits per heavy atom. The molecule has 2 nitrogen and oxygen atoms in total. The zero-order chi connectivity index (χ0) is 31.8. The summed E-state index contributed by atoms with van der Waals surface area (Å²) < 4.78 is 2.40. The van der Waals surface area contributed by atoms with E-state index in [0.717, 1.165) is 28.3 Å². The van der Waals surface area contributed by atoms with E-state index in [9.17, 15) is 0 Å². The van der Waals surface area contributed by atoms with Gasteiger partial charge in [-0.05, 0) is 98.6 Å². The van der Waals surface area contributed by atoms with Gasteiger partial charge in [-0.1, -0.05) is 122 Å². The predicted molar refractivity (Wildman–Crippen MR) is 204 cm³/mol. The normalized spacial score (nSPS) is 12.2.